The van der Waals surface area contributed by atoms with Crippen LogP contribution in [0.5, 0.6) is 23.0 Å². The van der Waals surface area contributed by atoms with Crippen LogP contribution in [0, 0.1) is 0 Å². The van der Waals surface area contributed by atoms with Crippen molar-refractivity contribution in [2.45, 2.75) is 39.5 Å². The quantitative estimate of drug-likeness (QED) is 0.626. The van der Waals surface area contributed by atoms with E-state index in [0.29, 0.717) is 29.6 Å². The first-order chi connectivity index (χ1) is 13.0. The second-order valence-electron chi connectivity index (χ2n) is 6.19. The highest BCUT2D eigenvalue weighted by Crippen LogP contribution is 2.34. The summed E-state index contributed by atoms with van der Waals surface area (Å²) in [4.78, 5) is 0. The van der Waals surface area contributed by atoms with E-state index < -0.39 is 0 Å². The van der Waals surface area contributed by atoms with Gasteiger partial charge in [0.25, 0.3) is 0 Å². The van der Waals surface area contributed by atoms with Crippen LogP contribution in [0.15, 0.2) is 30.3 Å². The normalized spacial score (nSPS) is 11.8. The molecule has 0 radical (unpaired) electrons. The lowest BCUT2D eigenvalue weighted by atomic mass is 10.1. The summed E-state index contributed by atoms with van der Waals surface area (Å²) in [6, 6.07) is 9.55. The van der Waals surface area contributed by atoms with E-state index in [4.69, 9.17) is 30.5 Å². The predicted octanol–water partition coefficient (Wildman–Crippen LogP) is 4.83. The summed E-state index contributed by atoms with van der Waals surface area (Å²) in [5, 5.41) is 4.04. The largest absolute Gasteiger partial charge is 0.493 e. The van der Waals surface area contributed by atoms with E-state index in [1.165, 1.54) is 0 Å². The van der Waals surface area contributed by atoms with Gasteiger partial charge in [0.05, 0.1) is 27.4 Å². The Morgan fingerprint density at radius 3 is 2.19 bits per heavy atom. The standard InChI is InChI=1S/C21H28ClNO4/c1-6-14(2)27-21-15(8-7-9-18(21)24-3)12-23-13-16-10-19(25-4)20(26-5)11-17(16)22/h7-11,14,23H,6,12-13H2,1-5H3. The first kappa shape index (κ1) is 21.2. The van der Waals surface area contributed by atoms with Gasteiger partial charge in [-0.05, 0) is 31.0 Å². The molecule has 0 aliphatic carbocycles. The van der Waals surface area contributed by atoms with Crippen molar-refractivity contribution in [3.05, 3.63) is 46.5 Å². The maximum absolute atomic E-state index is 6.37. The van der Waals surface area contributed by atoms with Gasteiger partial charge in [0, 0.05) is 29.7 Å². The Bertz CT molecular complexity index is 751. The Morgan fingerprint density at radius 1 is 0.926 bits per heavy atom. The Labute approximate surface area is 166 Å². The molecule has 1 N–H and O–H groups in total. The molecule has 27 heavy (non-hydrogen) atoms. The monoisotopic (exact) mass is 393 g/mol. The molecule has 0 heterocycles. The second kappa shape index (κ2) is 10.3. The third-order valence-electron chi connectivity index (χ3n) is 4.36. The van der Waals surface area contributed by atoms with E-state index in [-0.39, 0.29) is 6.10 Å². The van der Waals surface area contributed by atoms with Crippen molar-refractivity contribution in [1.82, 2.24) is 5.32 Å². The van der Waals surface area contributed by atoms with Crippen molar-refractivity contribution in [3.63, 3.8) is 0 Å². The van der Waals surface area contributed by atoms with Gasteiger partial charge in [-0.25, -0.2) is 0 Å². The highest BCUT2D eigenvalue weighted by Gasteiger charge is 2.14. The zero-order chi connectivity index (χ0) is 19.8. The van der Waals surface area contributed by atoms with Crippen LogP contribution >= 0.6 is 11.6 Å². The van der Waals surface area contributed by atoms with Crippen molar-refractivity contribution in [1.29, 1.82) is 0 Å². The number of nitrogens with one attached hydrogen (secondary N) is 1. The lowest BCUT2D eigenvalue weighted by molar-refractivity contribution is 0.205. The summed E-state index contributed by atoms with van der Waals surface area (Å²) in [6.07, 6.45) is 1.03. The molecule has 0 saturated carbocycles. The first-order valence-corrected chi connectivity index (χ1v) is 9.35. The van der Waals surface area contributed by atoms with Crippen LogP contribution in [0.4, 0.5) is 0 Å². The van der Waals surface area contributed by atoms with Crippen LogP contribution in [0.25, 0.3) is 0 Å². The molecule has 0 spiro atoms. The number of para-hydroxylation sites is 1. The van der Waals surface area contributed by atoms with Gasteiger partial charge < -0.3 is 24.3 Å². The van der Waals surface area contributed by atoms with E-state index in [1.807, 2.05) is 31.2 Å². The van der Waals surface area contributed by atoms with Crippen molar-refractivity contribution in [2.75, 3.05) is 21.3 Å². The number of rotatable bonds is 10. The molecule has 148 valence electrons. The molecule has 1 atom stereocenters. The smallest absolute Gasteiger partial charge is 0.166 e. The lowest BCUT2D eigenvalue weighted by Crippen LogP contribution is -2.17. The summed E-state index contributed by atoms with van der Waals surface area (Å²) in [7, 11) is 4.85. The lowest BCUT2D eigenvalue weighted by Gasteiger charge is -2.19. The minimum Gasteiger partial charge on any atom is -0.493 e. The van der Waals surface area contributed by atoms with Crippen LogP contribution in [0.2, 0.25) is 5.02 Å². The van der Waals surface area contributed by atoms with Gasteiger partial charge in [-0.1, -0.05) is 30.7 Å². The van der Waals surface area contributed by atoms with E-state index in [9.17, 15) is 0 Å². The van der Waals surface area contributed by atoms with Crippen LogP contribution in [-0.4, -0.2) is 27.4 Å². The van der Waals surface area contributed by atoms with Gasteiger partial charge in [-0.15, -0.1) is 0 Å². The number of benzene rings is 2. The molecule has 5 nitrogen and oxygen atoms in total. The van der Waals surface area contributed by atoms with Crippen LogP contribution < -0.4 is 24.3 Å². The third kappa shape index (κ3) is 5.44. The Hall–Kier alpha value is -2.11. The topological polar surface area (TPSA) is 49.0 Å². The summed E-state index contributed by atoms with van der Waals surface area (Å²) >= 11 is 6.37. The van der Waals surface area contributed by atoms with Gasteiger partial charge in [0.1, 0.15) is 0 Å². The van der Waals surface area contributed by atoms with E-state index >= 15 is 0 Å². The molecular formula is C21H28ClNO4. The van der Waals surface area contributed by atoms with Gasteiger partial charge >= 0.3 is 0 Å². The van der Waals surface area contributed by atoms with Crippen LogP contribution in [0.1, 0.15) is 31.4 Å². The molecule has 0 saturated heterocycles. The summed E-state index contributed by atoms with van der Waals surface area (Å²) in [5.41, 5.74) is 1.97. The zero-order valence-electron chi connectivity index (χ0n) is 16.6. The highest BCUT2D eigenvalue weighted by atomic mass is 35.5. The fourth-order valence-corrected chi connectivity index (χ4v) is 2.86. The average molecular weight is 394 g/mol. The molecule has 0 aliphatic heterocycles. The number of halogens is 1. The summed E-state index contributed by atoms with van der Waals surface area (Å²) in [6.45, 7) is 5.34. The molecule has 2 aromatic carbocycles. The third-order valence-corrected chi connectivity index (χ3v) is 4.71. The fraction of sp³-hybridized carbons (Fsp3) is 0.429. The predicted molar refractivity (Wildman–Crippen MR) is 108 cm³/mol. The molecule has 0 amide bonds. The fourth-order valence-electron chi connectivity index (χ4n) is 2.64. The molecule has 6 heteroatoms. The molecule has 0 aromatic heterocycles. The van der Waals surface area contributed by atoms with Gasteiger partial charge in [0.2, 0.25) is 0 Å². The maximum atomic E-state index is 6.37. The van der Waals surface area contributed by atoms with Crippen molar-refractivity contribution in [3.8, 4) is 23.0 Å². The minimum atomic E-state index is 0.111. The first-order valence-electron chi connectivity index (χ1n) is 8.97. The van der Waals surface area contributed by atoms with Crippen LogP contribution in [-0.2, 0) is 13.1 Å². The molecule has 0 aliphatic rings. The molecule has 0 bridgehead atoms. The molecular weight excluding hydrogens is 366 g/mol. The van der Waals surface area contributed by atoms with Crippen molar-refractivity contribution < 1.29 is 18.9 Å². The molecule has 0 fully saturated rings. The van der Waals surface area contributed by atoms with Gasteiger partial charge in [-0.2, -0.15) is 0 Å². The van der Waals surface area contributed by atoms with Gasteiger partial charge in [0.15, 0.2) is 23.0 Å². The number of hydrogen-bond acceptors (Lipinski definition) is 5. The molecule has 2 aromatic rings. The average Bonchev–Trinajstić information content (AvgIpc) is 2.69. The number of methoxy groups -OCH3 is 3. The van der Waals surface area contributed by atoms with Crippen LogP contribution in [0.3, 0.4) is 0 Å². The number of ether oxygens (including phenoxy) is 4. The Kier molecular flexibility index (Phi) is 8.07. The van der Waals surface area contributed by atoms with E-state index in [2.05, 4.69) is 12.2 Å². The van der Waals surface area contributed by atoms with Gasteiger partial charge in [-0.3, -0.25) is 0 Å². The SMILES string of the molecule is CCC(C)Oc1c(CNCc2cc(OC)c(OC)cc2Cl)cccc1OC. The molecule has 2 rings (SSSR count). The van der Waals surface area contributed by atoms with E-state index in [0.717, 1.165) is 29.0 Å². The Balaban J connectivity index is 2.13. The second-order valence-corrected chi connectivity index (χ2v) is 6.59. The zero-order valence-corrected chi connectivity index (χ0v) is 17.4. The summed E-state index contributed by atoms with van der Waals surface area (Å²) < 4.78 is 22.2. The van der Waals surface area contributed by atoms with E-state index in [1.54, 1.807) is 27.4 Å². The highest BCUT2D eigenvalue weighted by molar-refractivity contribution is 6.31. The Morgan fingerprint density at radius 2 is 1.56 bits per heavy atom. The minimum absolute atomic E-state index is 0.111. The molecule has 1 unspecified atom stereocenters. The van der Waals surface area contributed by atoms with Crippen molar-refractivity contribution >= 4 is 11.6 Å². The maximum Gasteiger partial charge on any atom is 0.166 e. The van der Waals surface area contributed by atoms with Crippen molar-refractivity contribution in [2.24, 2.45) is 0 Å². The summed E-state index contributed by atoms with van der Waals surface area (Å²) in [5.74, 6) is 2.78. The number of hydrogen-bond donors (Lipinski definition) is 1.